The first-order chi connectivity index (χ1) is 9.76. The highest BCUT2D eigenvalue weighted by atomic mass is 35.5. The zero-order valence-corrected chi connectivity index (χ0v) is 12.5. The van der Waals surface area contributed by atoms with Gasteiger partial charge in [-0.2, -0.15) is 0 Å². The van der Waals surface area contributed by atoms with Crippen LogP contribution in [-0.4, -0.2) is 4.98 Å². The second kappa shape index (κ2) is 5.92. The fourth-order valence-electron chi connectivity index (χ4n) is 2.11. The number of hydrogen-bond donors (Lipinski definition) is 2. The van der Waals surface area contributed by atoms with Gasteiger partial charge < -0.3 is 10.7 Å². The molecule has 0 saturated carbocycles. The molecule has 3 aromatic rings. The highest BCUT2D eigenvalue weighted by Gasteiger charge is 2.05. The number of aromatic nitrogens is 1. The Balaban J connectivity index is 1.75. The predicted octanol–water partition coefficient (Wildman–Crippen LogP) is 4.57. The SMILES string of the molecule is NCc1ccc(CSc2cc3ccccc3[nH]2)c(Cl)c1. The maximum Gasteiger partial charge on any atom is 0.0735 e. The summed E-state index contributed by atoms with van der Waals surface area (Å²) in [5.74, 6) is 0.844. The van der Waals surface area contributed by atoms with Gasteiger partial charge in [-0.25, -0.2) is 0 Å². The molecule has 0 unspecified atom stereocenters. The molecule has 0 aliphatic heterocycles. The Hall–Kier alpha value is -1.42. The van der Waals surface area contributed by atoms with Crippen molar-refractivity contribution in [1.82, 2.24) is 4.98 Å². The van der Waals surface area contributed by atoms with Crippen molar-refractivity contribution in [2.24, 2.45) is 5.73 Å². The zero-order valence-electron chi connectivity index (χ0n) is 10.9. The van der Waals surface area contributed by atoms with Gasteiger partial charge in [-0.05, 0) is 29.3 Å². The predicted molar refractivity (Wildman–Crippen MR) is 87.2 cm³/mol. The van der Waals surface area contributed by atoms with Gasteiger partial charge >= 0.3 is 0 Å². The van der Waals surface area contributed by atoms with Crippen molar-refractivity contribution in [1.29, 1.82) is 0 Å². The summed E-state index contributed by atoms with van der Waals surface area (Å²) in [6.45, 7) is 0.523. The monoisotopic (exact) mass is 302 g/mol. The molecule has 1 heterocycles. The number of halogens is 1. The molecule has 0 aliphatic rings. The molecule has 0 aliphatic carbocycles. The molecule has 3 rings (SSSR count). The van der Waals surface area contributed by atoms with Gasteiger partial charge in [0.1, 0.15) is 0 Å². The molecule has 0 saturated heterocycles. The van der Waals surface area contributed by atoms with E-state index in [9.17, 15) is 0 Å². The smallest absolute Gasteiger partial charge is 0.0735 e. The molecule has 4 heteroatoms. The lowest BCUT2D eigenvalue weighted by molar-refractivity contribution is 1.07. The van der Waals surface area contributed by atoms with Crippen molar-refractivity contribution >= 4 is 34.3 Å². The van der Waals surface area contributed by atoms with Gasteiger partial charge in [0.15, 0.2) is 0 Å². The van der Waals surface area contributed by atoms with Gasteiger partial charge in [-0.15, -0.1) is 11.8 Å². The van der Waals surface area contributed by atoms with Gasteiger partial charge in [0.25, 0.3) is 0 Å². The van der Waals surface area contributed by atoms with E-state index >= 15 is 0 Å². The van der Waals surface area contributed by atoms with Crippen LogP contribution in [0.3, 0.4) is 0 Å². The van der Waals surface area contributed by atoms with Crippen LogP contribution in [0.1, 0.15) is 11.1 Å². The third kappa shape index (κ3) is 2.85. The highest BCUT2D eigenvalue weighted by molar-refractivity contribution is 7.98. The zero-order chi connectivity index (χ0) is 13.9. The number of nitrogens with two attached hydrogens (primary N) is 1. The van der Waals surface area contributed by atoms with E-state index in [1.165, 1.54) is 10.9 Å². The Morgan fingerprint density at radius 2 is 1.95 bits per heavy atom. The fraction of sp³-hybridized carbons (Fsp3) is 0.125. The largest absolute Gasteiger partial charge is 0.350 e. The Bertz CT molecular complexity index is 703. The van der Waals surface area contributed by atoms with E-state index in [0.717, 1.165) is 26.9 Å². The van der Waals surface area contributed by atoms with Crippen LogP contribution in [0.15, 0.2) is 53.6 Å². The van der Waals surface area contributed by atoms with Crippen LogP contribution < -0.4 is 5.73 Å². The second-order valence-electron chi connectivity index (χ2n) is 4.64. The minimum atomic E-state index is 0.523. The Morgan fingerprint density at radius 1 is 1.10 bits per heavy atom. The minimum Gasteiger partial charge on any atom is -0.350 e. The molecule has 102 valence electrons. The van der Waals surface area contributed by atoms with Crippen LogP contribution in [-0.2, 0) is 12.3 Å². The number of benzene rings is 2. The Kier molecular flexibility index (Phi) is 4.01. The van der Waals surface area contributed by atoms with E-state index in [2.05, 4.69) is 29.2 Å². The quantitative estimate of drug-likeness (QED) is 0.693. The molecule has 1 aromatic heterocycles. The molecule has 0 radical (unpaired) electrons. The molecule has 3 N–H and O–H groups in total. The Morgan fingerprint density at radius 3 is 2.70 bits per heavy atom. The first-order valence-corrected chi connectivity index (χ1v) is 7.80. The molecular weight excluding hydrogens is 288 g/mol. The third-order valence-electron chi connectivity index (χ3n) is 3.24. The number of aromatic amines is 1. The summed E-state index contributed by atoms with van der Waals surface area (Å²) in [6.07, 6.45) is 0. The van der Waals surface area contributed by atoms with Crippen molar-refractivity contribution in [3.05, 3.63) is 64.7 Å². The van der Waals surface area contributed by atoms with E-state index < -0.39 is 0 Å². The third-order valence-corrected chi connectivity index (χ3v) is 4.58. The molecule has 0 amide bonds. The van der Waals surface area contributed by atoms with Crippen LogP contribution in [0.2, 0.25) is 5.02 Å². The topological polar surface area (TPSA) is 41.8 Å². The maximum absolute atomic E-state index is 6.27. The van der Waals surface area contributed by atoms with Gasteiger partial charge in [0.2, 0.25) is 0 Å². The first kappa shape index (κ1) is 13.6. The maximum atomic E-state index is 6.27. The van der Waals surface area contributed by atoms with E-state index in [-0.39, 0.29) is 0 Å². The Labute approximate surface area is 127 Å². The molecular formula is C16H15ClN2S. The van der Waals surface area contributed by atoms with Gasteiger partial charge in [0, 0.05) is 28.2 Å². The van der Waals surface area contributed by atoms with Crippen LogP contribution in [0.25, 0.3) is 10.9 Å². The average molecular weight is 303 g/mol. The van der Waals surface area contributed by atoms with Crippen molar-refractivity contribution in [2.45, 2.75) is 17.3 Å². The highest BCUT2D eigenvalue weighted by Crippen LogP contribution is 2.29. The summed E-state index contributed by atoms with van der Waals surface area (Å²) in [7, 11) is 0. The fourth-order valence-corrected chi connectivity index (χ4v) is 3.42. The van der Waals surface area contributed by atoms with Gasteiger partial charge in [-0.1, -0.05) is 41.9 Å². The molecule has 20 heavy (non-hydrogen) atoms. The summed E-state index contributed by atoms with van der Waals surface area (Å²) >= 11 is 8.03. The average Bonchev–Trinajstić information content (AvgIpc) is 2.88. The summed E-state index contributed by atoms with van der Waals surface area (Å²) in [4.78, 5) is 3.41. The van der Waals surface area contributed by atoms with E-state index in [4.69, 9.17) is 17.3 Å². The summed E-state index contributed by atoms with van der Waals surface area (Å²) in [6, 6.07) is 16.5. The van der Waals surface area contributed by atoms with Crippen LogP contribution in [0.4, 0.5) is 0 Å². The lowest BCUT2D eigenvalue weighted by Crippen LogP contribution is -1.96. The summed E-state index contributed by atoms with van der Waals surface area (Å²) in [5, 5.41) is 3.18. The molecule has 0 bridgehead atoms. The van der Waals surface area contributed by atoms with Crippen LogP contribution >= 0.6 is 23.4 Å². The molecule has 0 spiro atoms. The number of rotatable bonds is 4. The van der Waals surface area contributed by atoms with Crippen molar-refractivity contribution in [3.8, 4) is 0 Å². The number of hydrogen-bond acceptors (Lipinski definition) is 2. The first-order valence-electron chi connectivity index (χ1n) is 6.44. The van der Waals surface area contributed by atoms with Crippen LogP contribution in [0, 0.1) is 0 Å². The molecule has 0 fully saturated rings. The number of nitrogens with one attached hydrogen (secondary N) is 1. The molecule has 2 aromatic carbocycles. The number of thioether (sulfide) groups is 1. The lowest BCUT2D eigenvalue weighted by Gasteiger charge is -2.05. The van der Waals surface area contributed by atoms with E-state index in [0.29, 0.717) is 6.54 Å². The lowest BCUT2D eigenvalue weighted by atomic mass is 10.1. The number of H-pyrrole nitrogens is 1. The normalized spacial score (nSPS) is 11.1. The van der Waals surface area contributed by atoms with Gasteiger partial charge in [0.05, 0.1) is 5.03 Å². The number of para-hydroxylation sites is 1. The second-order valence-corrected chi connectivity index (χ2v) is 6.06. The molecule has 0 atom stereocenters. The summed E-state index contributed by atoms with van der Waals surface area (Å²) in [5.41, 5.74) is 8.97. The van der Waals surface area contributed by atoms with E-state index in [1.807, 2.05) is 24.3 Å². The minimum absolute atomic E-state index is 0.523. The van der Waals surface area contributed by atoms with Crippen molar-refractivity contribution < 1.29 is 0 Å². The molecule has 2 nitrogen and oxygen atoms in total. The van der Waals surface area contributed by atoms with Crippen LogP contribution in [0.5, 0.6) is 0 Å². The van der Waals surface area contributed by atoms with Crippen molar-refractivity contribution in [3.63, 3.8) is 0 Å². The summed E-state index contributed by atoms with van der Waals surface area (Å²) < 4.78 is 0. The van der Waals surface area contributed by atoms with Crippen molar-refractivity contribution in [2.75, 3.05) is 0 Å². The number of fused-ring (bicyclic) bond motifs is 1. The van der Waals surface area contributed by atoms with Gasteiger partial charge in [-0.3, -0.25) is 0 Å². The van der Waals surface area contributed by atoms with E-state index in [1.54, 1.807) is 11.8 Å². The standard InChI is InChI=1S/C16H15ClN2S/c17-14-7-11(9-18)5-6-13(14)10-20-16-8-12-3-1-2-4-15(12)19-16/h1-8,19H,9-10,18H2.